The highest BCUT2D eigenvalue weighted by Crippen LogP contribution is 2.11. The minimum Gasteiger partial charge on any atom is -0.328 e. The first-order valence-electron chi connectivity index (χ1n) is 7.08. The van der Waals surface area contributed by atoms with Gasteiger partial charge in [0, 0.05) is 12.6 Å². The Morgan fingerprint density at radius 3 is 2.00 bits per heavy atom. The predicted molar refractivity (Wildman–Crippen MR) is 73.7 cm³/mol. The maximum Gasteiger partial charge on any atom is 0.00104 e. The molecule has 0 amide bonds. The largest absolute Gasteiger partial charge is 0.328 e. The van der Waals surface area contributed by atoms with Crippen molar-refractivity contribution in [3.05, 3.63) is 0 Å². The quantitative estimate of drug-likeness (QED) is 0.622. The van der Waals surface area contributed by atoms with Crippen LogP contribution >= 0.6 is 0 Å². The summed E-state index contributed by atoms with van der Waals surface area (Å²) in [4.78, 5) is 2.61. The molecular formula is C14H32N2. The van der Waals surface area contributed by atoms with Gasteiger partial charge in [-0.05, 0) is 51.6 Å². The second-order valence-electron chi connectivity index (χ2n) is 5.31. The second-order valence-corrected chi connectivity index (χ2v) is 5.31. The van der Waals surface area contributed by atoms with Gasteiger partial charge in [-0.3, -0.25) is 0 Å². The van der Waals surface area contributed by atoms with Crippen LogP contribution in [0, 0.1) is 5.92 Å². The average Bonchev–Trinajstić information content (AvgIpc) is 2.17. The van der Waals surface area contributed by atoms with Crippen molar-refractivity contribution < 1.29 is 0 Å². The molecule has 2 heteroatoms. The minimum absolute atomic E-state index is 0.370. The molecule has 0 aromatic rings. The first kappa shape index (κ1) is 15.9. The zero-order valence-corrected chi connectivity index (χ0v) is 11.8. The Balaban J connectivity index is 3.67. The highest BCUT2D eigenvalue weighted by Gasteiger charge is 2.08. The van der Waals surface area contributed by atoms with Crippen molar-refractivity contribution in [2.24, 2.45) is 11.7 Å². The van der Waals surface area contributed by atoms with Crippen molar-refractivity contribution >= 4 is 0 Å². The summed E-state index contributed by atoms with van der Waals surface area (Å²) in [5.74, 6) is 0.817. The van der Waals surface area contributed by atoms with Crippen LogP contribution in [0.2, 0.25) is 0 Å². The van der Waals surface area contributed by atoms with Crippen LogP contribution in [0.3, 0.4) is 0 Å². The van der Waals surface area contributed by atoms with Gasteiger partial charge in [-0.1, -0.05) is 27.2 Å². The van der Waals surface area contributed by atoms with Gasteiger partial charge in [0.1, 0.15) is 0 Å². The number of hydrogen-bond acceptors (Lipinski definition) is 2. The molecule has 0 radical (unpaired) electrons. The van der Waals surface area contributed by atoms with Crippen molar-refractivity contribution in [1.29, 1.82) is 0 Å². The van der Waals surface area contributed by atoms with Gasteiger partial charge in [0.15, 0.2) is 0 Å². The molecule has 0 rings (SSSR count). The first-order valence-corrected chi connectivity index (χ1v) is 7.08. The van der Waals surface area contributed by atoms with Gasteiger partial charge < -0.3 is 10.6 Å². The minimum atomic E-state index is 0.370. The van der Waals surface area contributed by atoms with Crippen LogP contribution < -0.4 is 5.73 Å². The molecular weight excluding hydrogens is 196 g/mol. The molecule has 2 unspecified atom stereocenters. The standard InChI is InChI=1S/C14H32N2/c1-5-10-16(11-6-2)12-13(3)8-7-9-14(4)15/h13-14H,5-12,15H2,1-4H3. The maximum absolute atomic E-state index is 5.76. The highest BCUT2D eigenvalue weighted by atomic mass is 15.1. The van der Waals surface area contributed by atoms with E-state index in [0.29, 0.717) is 6.04 Å². The van der Waals surface area contributed by atoms with Crippen LogP contribution in [0.4, 0.5) is 0 Å². The Morgan fingerprint density at radius 1 is 1.00 bits per heavy atom. The van der Waals surface area contributed by atoms with Crippen LogP contribution in [0.1, 0.15) is 59.8 Å². The maximum atomic E-state index is 5.76. The van der Waals surface area contributed by atoms with Crippen molar-refractivity contribution in [3.63, 3.8) is 0 Å². The lowest BCUT2D eigenvalue weighted by Gasteiger charge is -2.25. The monoisotopic (exact) mass is 228 g/mol. The summed E-state index contributed by atoms with van der Waals surface area (Å²) in [6, 6.07) is 0.370. The van der Waals surface area contributed by atoms with Crippen LogP contribution in [0.25, 0.3) is 0 Å². The van der Waals surface area contributed by atoms with E-state index >= 15 is 0 Å². The number of rotatable bonds is 10. The molecule has 0 fully saturated rings. The van der Waals surface area contributed by atoms with E-state index in [0.717, 1.165) is 5.92 Å². The summed E-state index contributed by atoms with van der Waals surface area (Å²) in [5, 5.41) is 0. The molecule has 98 valence electrons. The Kier molecular flexibility index (Phi) is 10.0. The third-order valence-corrected chi connectivity index (χ3v) is 3.01. The zero-order valence-electron chi connectivity index (χ0n) is 11.8. The van der Waals surface area contributed by atoms with Crippen molar-refractivity contribution in [2.75, 3.05) is 19.6 Å². The Hall–Kier alpha value is -0.0800. The number of nitrogens with two attached hydrogens (primary N) is 1. The van der Waals surface area contributed by atoms with E-state index in [2.05, 4.69) is 32.6 Å². The molecule has 0 aliphatic rings. The predicted octanol–water partition coefficient (Wildman–Crippen LogP) is 3.26. The lowest BCUT2D eigenvalue weighted by atomic mass is 10.0. The molecule has 0 saturated heterocycles. The van der Waals surface area contributed by atoms with Gasteiger partial charge in [0.2, 0.25) is 0 Å². The summed E-state index contributed by atoms with van der Waals surface area (Å²) in [6.45, 7) is 12.8. The van der Waals surface area contributed by atoms with Gasteiger partial charge in [0.25, 0.3) is 0 Å². The van der Waals surface area contributed by atoms with Crippen LogP contribution in [0.15, 0.2) is 0 Å². The third kappa shape index (κ3) is 9.17. The summed E-state index contributed by atoms with van der Waals surface area (Å²) in [6.07, 6.45) is 6.32. The lowest BCUT2D eigenvalue weighted by Crippen LogP contribution is -2.30. The first-order chi connectivity index (χ1) is 7.60. The summed E-state index contributed by atoms with van der Waals surface area (Å²) in [5.41, 5.74) is 5.76. The molecule has 2 N–H and O–H groups in total. The fourth-order valence-corrected chi connectivity index (χ4v) is 2.25. The summed E-state index contributed by atoms with van der Waals surface area (Å²) < 4.78 is 0. The SMILES string of the molecule is CCCN(CCC)CC(C)CCCC(C)N. The van der Waals surface area contributed by atoms with Crippen molar-refractivity contribution in [3.8, 4) is 0 Å². The van der Waals surface area contributed by atoms with E-state index in [1.807, 2.05) is 0 Å². The molecule has 2 atom stereocenters. The Morgan fingerprint density at radius 2 is 1.56 bits per heavy atom. The molecule has 0 heterocycles. The van der Waals surface area contributed by atoms with E-state index < -0.39 is 0 Å². The van der Waals surface area contributed by atoms with Crippen molar-refractivity contribution in [1.82, 2.24) is 4.90 Å². The molecule has 0 aliphatic heterocycles. The number of nitrogens with zero attached hydrogens (tertiary/aromatic N) is 1. The molecule has 16 heavy (non-hydrogen) atoms. The summed E-state index contributed by atoms with van der Waals surface area (Å²) >= 11 is 0. The number of hydrogen-bond donors (Lipinski definition) is 1. The smallest absolute Gasteiger partial charge is 0.00104 e. The van der Waals surface area contributed by atoms with E-state index in [4.69, 9.17) is 5.73 Å². The van der Waals surface area contributed by atoms with Crippen LogP contribution in [-0.4, -0.2) is 30.6 Å². The van der Waals surface area contributed by atoms with Crippen LogP contribution in [0.5, 0.6) is 0 Å². The Labute approximate surface area is 103 Å². The van der Waals surface area contributed by atoms with Gasteiger partial charge in [-0.2, -0.15) is 0 Å². The average molecular weight is 228 g/mol. The molecule has 0 aliphatic carbocycles. The Bertz CT molecular complexity index is 140. The molecule has 0 saturated carbocycles. The highest BCUT2D eigenvalue weighted by molar-refractivity contribution is 4.64. The van der Waals surface area contributed by atoms with E-state index in [9.17, 15) is 0 Å². The van der Waals surface area contributed by atoms with E-state index in [1.165, 1.54) is 51.7 Å². The molecule has 2 nitrogen and oxygen atoms in total. The second kappa shape index (κ2) is 10.1. The van der Waals surface area contributed by atoms with Gasteiger partial charge in [-0.15, -0.1) is 0 Å². The fourth-order valence-electron chi connectivity index (χ4n) is 2.25. The van der Waals surface area contributed by atoms with E-state index in [-0.39, 0.29) is 0 Å². The zero-order chi connectivity index (χ0) is 12.4. The topological polar surface area (TPSA) is 29.3 Å². The molecule has 0 aromatic carbocycles. The molecule has 0 aromatic heterocycles. The lowest BCUT2D eigenvalue weighted by molar-refractivity contribution is 0.230. The van der Waals surface area contributed by atoms with E-state index in [1.54, 1.807) is 0 Å². The third-order valence-electron chi connectivity index (χ3n) is 3.01. The fraction of sp³-hybridized carbons (Fsp3) is 1.00. The van der Waals surface area contributed by atoms with Gasteiger partial charge in [-0.25, -0.2) is 0 Å². The normalized spacial score (nSPS) is 15.4. The molecule has 0 spiro atoms. The van der Waals surface area contributed by atoms with Crippen molar-refractivity contribution in [2.45, 2.75) is 65.8 Å². The molecule has 0 bridgehead atoms. The van der Waals surface area contributed by atoms with Gasteiger partial charge >= 0.3 is 0 Å². The van der Waals surface area contributed by atoms with Gasteiger partial charge in [0.05, 0.1) is 0 Å². The van der Waals surface area contributed by atoms with Crippen LogP contribution in [-0.2, 0) is 0 Å². The summed E-state index contributed by atoms with van der Waals surface area (Å²) in [7, 11) is 0.